The molecule has 2 atom stereocenters. The number of anilines is 1. The van der Waals surface area contributed by atoms with Gasteiger partial charge < -0.3 is 9.64 Å². The molecule has 7 nitrogen and oxygen atoms in total. The summed E-state index contributed by atoms with van der Waals surface area (Å²) >= 11 is 0. The molecule has 2 aliphatic rings. The van der Waals surface area contributed by atoms with Crippen molar-refractivity contribution in [3.05, 3.63) is 78.0 Å². The third kappa shape index (κ3) is 3.39. The van der Waals surface area contributed by atoms with E-state index in [9.17, 15) is 19.2 Å². The zero-order chi connectivity index (χ0) is 21.3. The van der Waals surface area contributed by atoms with Crippen molar-refractivity contribution in [3.63, 3.8) is 0 Å². The fourth-order valence-electron chi connectivity index (χ4n) is 3.84. The fourth-order valence-corrected chi connectivity index (χ4v) is 3.84. The van der Waals surface area contributed by atoms with E-state index >= 15 is 0 Å². The van der Waals surface area contributed by atoms with E-state index < -0.39 is 29.7 Å². The Balaban J connectivity index is 1.63. The molecule has 30 heavy (non-hydrogen) atoms. The van der Waals surface area contributed by atoms with Crippen LogP contribution < -0.4 is 4.90 Å². The van der Waals surface area contributed by atoms with Gasteiger partial charge in [-0.25, -0.2) is 4.79 Å². The predicted molar refractivity (Wildman–Crippen MR) is 109 cm³/mol. The highest BCUT2D eigenvalue weighted by Gasteiger charge is 2.45. The first-order chi connectivity index (χ1) is 14.5. The average molecular weight is 404 g/mol. The summed E-state index contributed by atoms with van der Waals surface area (Å²) in [5.74, 6) is -2.08. The van der Waals surface area contributed by atoms with Gasteiger partial charge in [-0.05, 0) is 36.4 Å². The van der Waals surface area contributed by atoms with Crippen molar-refractivity contribution < 1.29 is 23.9 Å². The number of ketones is 1. The molecule has 2 aromatic carbocycles. The highest BCUT2D eigenvalue weighted by molar-refractivity contribution is 6.10. The number of esters is 1. The van der Waals surface area contributed by atoms with Gasteiger partial charge in [-0.15, -0.1) is 0 Å². The van der Waals surface area contributed by atoms with Crippen LogP contribution in [0.25, 0.3) is 0 Å². The van der Waals surface area contributed by atoms with E-state index in [2.05, 4.69) is 4.74 Å². The third-order valence-electron chi connectivity index (χ3n) is 5.42. The fraction of sp³-hybridized carbons (Fsp3) is 0.217. The first-order valence-corrected chi connectivity index (χ1v) is 9.60. The number of rotatable bonds is 3. The molecule has 0 saturated carbocycles. The van der Waals surface area contributed by atoms with E-state index in [-0.39, 0.29) is 24.3 Å². The minimum atomic E-state index is -0.791. The number of Topliss-reactive ketones (excluding diaryl/α,β-unsaturated/α-hetero) is 1. The van der Waals surface area contributed by atoms with E-state index in [1.54, 1.807) is 17.2 Å². The zero-order valence-electron chi connectivity index (χ0n) is 16.4. The molecule has 2 aliphatic heterocycles. The summed E-state index contributed by atoms with van der Waals surface area (Å²) in [7, 11) is 1.28. The van der Waals surface area contributed by atoms with Crippen LogP contribution in [0.3, 0.4) is 0 Å². The van der Waals surface area contributed by atoms with Crippen LogP contribution in [0, 0.1) is 5.92 Å². The monoisotopic (exact) mass is 404 g/mol. The lowest BCUT2D eigenvalue weighted by Crippen LogP contribution is -2.49. The summed E-state index contributed by atoms with van der Waals surface area (Å²) < 4.78 is 4.66. The van der Waals surface area contributed by atoms with Gasteiger partial charge in [0.15, 0.2) is 0 Å². The topological polar surface area (TPSA) is 84.0 Å². The third-order valence-corrected chi connectivity index (χ3v) is 5.42. The van der Waals surface area contributed by atoms with Gasteiger partial charge in [0.2, 0.25) is 0 Å². The van der Waals surface area contributed by atoms with Crippen molar-refractivity contribution in [1.29, 1.82) is 0 Å². The molecule has 2 unspecified atom stereocenters. The number of benzene rings is 2. The number of nitrogens with zero attached hydrogens (tertiary/aromatic N) is 2. The van der Waals surface area contributed by atoms with Gasteiger partial charge >= 0.3 is 5.97 Å². The molecular formula is C23H20N2O5. The molecule has 0 N–H and O–H groups in total. The average Bonchev–Trinajstić information content (AvgIpc) is 3.19. The minimum Gasteiger partial charge on any atom is -0.465 e. The molecule has 0 bridgehead atoms. The number of fused-ring (bicyclic) bond motifs is 1. The zero-order valence-corrected chi connectivity index (χ0v) is 16.4. The molecule has 2 amide bonds. The van der Waals surface area contributed by atoms with Crippen LogP contribution in [-0.2, 0) is 14.3 Å². The summed E-state index contributed by atoms with van der Waals surface area (Å²) in [5, 5.41) is 0. The maximum Gasteiger partial charge on any atom is 0.337 e. The molecule has 0 spiro atoms. The van der Waals surface area contributed by atoms with Gasteiger partial charge in [0, 0.05) is 30.4 Å². The predicted octanol–water partition coefficient (Wildman–Crippen LogP) is 2.43. The highest BCUT2D eigenvalue weighted by Crippen LogP contribution is 2.32. The molecule has 1 fully saturated rings. The number of amides is 2. The highest BCUT2D eigenvalue weighted by atomic mass is 16.5. The number of imide groups is 1. The van der Waals surface area contributed by atoms with Crippen molar-refractivity contribution in [2.75, 3.05) is 18.6 Å². The normalized spacial score (nSPS) is 20.7. The first-order valence-electron chi connectivity index (χ1n) is 9.60. The van der Waals surface area contributed by atoms with Crippen molar-refractivity contribution in [1.82, 2.24) is 4.90 Å². The van der Waals surface area contributed by atoms with Crippen LogP contribution in [0.15, 0.2) is 66.9 Å². The lowest BCUT2D eigenvalue weighted by Gasteiger charge is -2.30. The van der Waals surface area contributed by atoms with Crippen LogP contribution in [0.4, 0.5) is 5.69 Å². The Morgan fingerprint density at radius 3 is 2.30 bits per heavy atom. The number of hydrogen-bond donors (Lipinski definition) is 0. The summed E-state index contributed by atoms with van der Waals surface area (Å²) in [6.07, 6.45) is 3.57. The second kappa shape index (κ2) is 7.94. The number of para-hydroxylation sites is 1. The van der Waals surface area contributed by atoms with Crippen molar-refractivity contribution in [3.8, 4) is 0 Å². The second-order valence-corrected chi connectivity index (χ2v) is 7.14. The van der Waals surface area contributed by atoms with Crippen molar-refractivity contribution in [2.45, 2.75) is 12.5 Å². The molecule has 2 heterocycles. The van der Waals surface area contributed by atoms with Crippen LogP contribution in [0.2, 0.25) is 0 Å². The Morgan fingerprint density at radius 2 is 1.63 bits per heavy atom. The van der Waals surface area contributed by atoms with Crippen molar-refractivity contribution in [2.24, 2.45) is 5.92 Å². The Labute approximate surface area is 173 Å². The summed E-state index contributed by atoms with van der Waals surface area (Å²) in [6.45, 7) is 0.0265. The lowest BCUT2D eigenvalue weighted by atomic mass is 9.95. The maximum atomic E-state index is 13.4. The second-order valence-electron chi connectivity index (χ2n) is 7.14. The summed E-state index contributed by atoms with van der Waals surface area (Å²) in [6, 6.07) is 14.4. The molecule has 1 saturated heterocycles. The summed E-state index contributed by atoms with van der Waals surface area (Å²) in [4.78, 5) is 53.6. The Kier molecular flexibility index (Phi) is 5.18. The minimum absolute atomic E-state index is 0.0265. The van der Waals surface area contributed by atoms with E-state index in [0.717, 1.165) is 10.6 Å². The number of carbonyl (C=O) groups excluding carboxylic acids is 4. The maximum absolute atomic E-state index is 13.4. The van der Waals surface area contributed by atoms with Gasteiger partial charge in [-0.3, -0.25) is 19.3 Å². The van der Waals surface area contributed by atoms with Crippen LogP contribution in [-0.4, -0.2) is 48.2 Å². The van der Waals surface area contributed by atoms with Gasteiger partial charge in [0.25, 0.3) is 11.8 Å². The smallest absolute Gasteiger partial charge is 0.337 e. The van der Waals surface area contributed by atoms with E-state index in [4.69, 9.17) is 0 Å². The van der Waals surface area contributed by atoms with Crippen LogP contribution >= 0.6 is 0 Å². The standard InChI is InChI=1S/C23H20N2O5/c1-30-23(29)16-9-7-15(8-10-16)21(27)25-14-12-19(26)18-11-13-24(20(18)22(25)28)17-5-3-2-4-6-17/h2-11,13,18,20H,12,14H2,1H3. The number of likely N-dealkylation sites (tertiary alicyclic amines) is 1. The van der Waals surface area contributed by atoms with Gasteiger partial charge in [0.05, 0.1) is 18.6 Å². The van der Waals surface area contributed by atoms with Gasteiger partial charge in [-0.2, -0.15) is 0 Å². The van der Waals surface area contributed by atoms with E-state index in [1.807, 2.05) is 30.3 Å². The summed E-state index contributed by atoms with van der Waals surface area (Å²) in [5.41, 5.74) is 1.35. The Morgan fingerprint density at radius 1 is 0.967 bits per heavy atom. The van der Waals surface area contributed by atoms with Gasteiger partial charge in [0.1, 0.15) is 11.8 Å². The quantitative estimate of drug-likeness (QED) is 0.577. The lowest BCUT2D eigenvalue weighted by molar-refractivity contribution is -0.131. The number of ether oxygens (including phenoxy) is 1. The molecule has 152 valence electrons. The number of methoxy groups -OCH3 is 1. The van der Waals surface area contributed by atoms with Crippen LogP contribution in [0.1, 0.15) is 27.1 Å². The molecule has 0 radical (unpaired) electrons. The number of carbonyl (C=O) groups is 4. The number of hydrogen-bond acceptors (Lipinski definition) is 6. The largest absolute Gasteiger partial charge is 0.465 e. The first kappa shape index (κ1) is 19.6. The van der Waals surface area contributed by atoms with E-state index in [1.165, 1.54) is 31.4 Å². The molecule has 7 heteroatoms. The Bertz CT molecular complexity index is 1030. The van der Waals surface area contributed by atoms with E-state index in [0.29, 0.717) is 5.56 Å². The molecule has 0 aliphatic carbocycles. The van der Waals surface area contributed by atoms with Gasteiger partial charge in [-0.1, -0.05) is 24.3 Å². The molecule has 0 aromatic heterocycles. The molecular weight excluding hydrogens is 384 g/mol. The van der Waals surface area contributed by atoms with Crippen molar-refractivity contribution >= 4 is 29.3 Å². The molecule has 2 aromatic rings. The molecule has 4 rings (SSSR count). The Hall–Kier alpha value is -3.74. The SMILES string of the molecule is COC(=O)c1ccc(C(=O)N2CCC(=O)C3C=CN(c4ccccc4)C3C2=O)cc1. The van der Waals surface area contributed by atoms with Crippen LogP contribution in [0.5, 0.6) is 0 Å².